The van der Waals surface area contributed by atoms with Crippen molar-refractivity contribution in [1.82, 2.24) is 5.32 Å². The second-order valence-electron chi connectivity index (χ2n) is 6.16. The lowest BCUT2D eigenvalue weighted by Gasteiger charge is -2.25. The van der Waals surface area contributed by atoms with E-state index in [1.54, 1.807) is 0 Å². The van der Waals surface area contributed by atoms with Crippen LogP contribution in [-0.2, 0) is 0 Å². The van der Waals surface area contributed by atoms with Gasteiger partial charge in [0.05, 0.1) is 12.6 Å². The number of hydrogen-bond donors (Lipinski definition) is 2. The summed E-state index contributed by atoms with van der Waals surface area (Å²) in [5, 5.41) is 16.1. The van der Waals surface area contributed by atoms with Crippen LogP contribution in [0.3, 0.4) is 0 Å². The molecule has 1 aliphatic carbocycles. The van der Waals surface area contributed by atoms with E-state index in [0.29, 0.717) is 6.04 Å². The molecule has 0 radical (unpaired) electrons. The highest BCUT2D eigenvalue weighted by atomic mass is 16.3. The summed E-state index contributed by atoms with van der Waals surface area (Å²) in [7, 11) is 0. The van der Waals surface area contributed by atoms with E-state index in [2.05, 4.69) is 47.8 Å². The zero-order chi connectivity index (χ0) is 14.5. The molecular formula is C19H25NO. The molecule has 1 fully saturated rings. The Bertz CT molecular complexity index is 567. The number of nitrogens with one attached hydrogen (secondary N) is 1. The Morgan fingerprint density at radius 3 is 2.43 bits per heavy atom. The van der Waals surface area contributed by atoms with Crippen molar-refractivity contribution >= 4 is 10.8 Å². The van der Waals surface area contributed by atoms with E-state index in [9.17, 15) is 5.11 Å². The maximum absolute atomic E-state index is 9.88. The zero-order valence-corrected chi connectivity index (χ0v) is 12.6. The van der Waals surface area contributed by atoms with Crippen molar-refractivity contribution < 1.29 is 5.11 Å². The van der Waals surface area contributed by atoms with Gasteiger partial charge in [-0.25, -0.2) is 0 Å². The van der Waals surface area contributed by atoms with Crippen LogP contribution in [0.15, 0.2) is 42.5 Å². The van der Waals surface area contributed by atoms with Gasteiger partial charge < -0.3 is 10.4 Å². The van der Waals surface area contributed by atoms with Gasteiger partial charge in [0.25, 0.3) is 0 Å². The highest BCUT2D eigenvalue weighted by molar-refractivity contribution is 5.86. The molecule has 2 heteroatoms. The average molecular weight is 283 g/mol. The van der Waals surface area contributed by atoms with E-state index in [1.807, 2.05) is 0 Å². The van der Waals surface area contributed by atoms with E-state index >= 15 is 0 Å². The van der Waals surface area contributed by atoms with Gasteiger partial charge in [-0.1, -0.05) is 68.1 Å². The lowest BCUT2D eigenvalue weighted by atomic mass is 9.97. The molecule has 1 atom stereocenters. The third kappa shape index (κ3) is 3.45. The van der Waals surface area contributed by atoms with Crippen LogP contribution in [0, 0.1) is 0 Å². The molecule has 2 nitrogen and oxygen atoms in total. The maximum Gasteiger partial charge on any atom is 0.0626 e. The first-order valence-electron chi connectivity index (χ1n) is 8.23. The second kappa shape index (κ2) is 7.06. The van der Waals surface area contributed by atoms with Crippen LogP contribution in [0.4, 0.5) is 0 Å². The minimum Gasteiger partial charge on any atom is -0.394 e. The van der Waals surface area contributed by atoms with Crippen molar-refractivity contribution in [2.45, 2.75) is 50.6 Å². The Morgan fingerprint density at radius 1 is 0.952 bits per heavy atom. The minimum atomic E-state index is 0.0409. The molecule has 1 saturated carbocycles. The molecule has 112 valence electrons. The van der Waals surface area contributed by atoms with Gasteiger partial charge in [0.1, 0.15) is 0 Å². The molecule has 2 N–H and O–H groups in total. The van der Waals surface area contributed by atoms with Crippen molar-refractivity contribution in [2.24, 2.45) is 0 Å². The van der Waals surface area contributed by atoms with E-state index < -0.39 is 0 Å². The Balaban J connectivity index is 1.84. The molecule has 0 spiro atoms. The van der Waals surface area contributed by atoms with Gasteiger partial charge in [0, 0.05) is 6.04 Å². The molecule has 2 aromatic carbocycles. The summed E-state index contributed by atoms with van der Waals surface area (Å²) in [6.07, 6.45) is 7.81. The van der Waals surface area contributed by atoms with Gasteiger partial charge in [-0.05, 0) is 29.2 Å². The van der Waals surface area contributed by atoms with Gasteiger partial charge in [0.2, 0.25) is 0 Å². The Hall–Kier alpha value is -1.38. The number of hydrogen-bond acceptors (Lipinski definition) is 2. The fraction of sp³-hybridized carbons (Fsp3) is 0.474. The first-order valence-corrected chi connectivity index (χ1v) is 8.23. The van der Waals surface area contributed by atoms with Crippen LogP contribution in [0.1, 0.15) is 50.1 Å². The van der Waals surface area contributed by atoms with Crippen LogP contribution in [0.25, 0.3) is 10.8 Å². The fourth-order valence-corrected chi connectivity index (χ4v) is 3.53. The summed E-state index contributed by atoms with van der Waals surface area (Å²) < 4.78 is 0. The van der Waals surface area contributed by atoms with Crippen molar-refractivity contribution in [3.63, 3.8) is 0 Å². The van der Waals surface area contributed by atoms with Gasteiger partial charge in [-0.2, -0.15) is 0 Å². The summed E-state index contributed by atoms with van der Waals surface area (Å²) in [5.74, 6) is 0. The number of fused-ring (bicyclic) bond motifs is 1. The maximum atomic E-state index is 9.88. The van der Waals surface area contributed by atoms with Gasteiger partial charge in [0.15, 0.2) is 0 Å². The molecule has 1 unspecified atom stereocenters. The van der Waals surface area contributed by atoms with Crippen molar-refractivity contribution in [1.29, 1.82) is 0 Å². The number of rotatable bonds is 4. The minimum absolute atomic E-state index is 0.0409. The van der Waals surface area contributed by atoms with Gasteiger partial charge in [-0.15, -0.1) is 0 Å². The highest BCUT2D eigenvalue weighted by Crippen LogP contribution is 2.26. The normalized spacial score (nSPS) is 18.5. The van der Waals surface area contributed by atoms with Gasteiger partial charge >= 0.3 is 0 Å². The van der Waals surface area contributed by atoms with E-state index in [0.717, 1.165) is 0 Å². The molecule has 0 aliphatic heterocycles. The molecule has 0 heterocycles. The Labute approximate surface area is 127 Å². The molecule has 3 rings (SSSR count). The summed E-state index contributed by atoms with van der Waals surface area (Å²) in [6, 6.07) is 15.4. The quantitative estimate of drug-likeness (QED) is 0.825. The number of aliphatic hydroxyl groups is 1. The SMILES string of the molecule is OCC(NC1CCCCCC1)c1cccc2ccccc12. The first-order chi connectivity index (χ1) is 10.4. The highest BCUT2D eigenvalue weighted by Gasteiger charge is 2.19. The second-order valence-corrected chi connectivity index (χ2v) is 6.16. The predicted molar refractivity (Wildman–Crippen MR) is 88.4 cm³/mol. The topological polar surface area (TPSA) is 32.3 Å². The molecule has 0 bridgehead atoms. The van der Waals surface area contributed by atoms with Crippen LogP contribution in [0.5, 0.6) is 0 Å². The summed E-state index contributed by atoms with van der Waals surface area (Å²) in [5.41, 5.74) is 1.22. The smallest absolute Gasteiger partial charge is 0.0626 e. The molecule has 0 saturated heterocycles. The summed E-state index contributed by atoms with van der Waals surface area (Å²) in [4.78, 5) is 0. The lowest BCUT2D eigenvalue weighted by Crippen LogP contribution is -2.34. The van der Waals surface area contributed by atoms with Gasteiger partial charge in [-0.3, -0.25) is 0 Å². The first kappa shape index (κ1) is 14.6. The third-order valence-electron chi connectivity index (χ3n) is 4.67. The monoisotopic (exact) mass is 283 g/mol. The van der Waals surface area contributed by atoms with Crippen molar-refractivity contribution in [3.8, 4) is 0 Å². The van der Waals surface area contributed by atoms with Crippen LogP contribution >= 0.6 is 0 Å². The van der Waals surface area contributed by atoms with Crippen LogP contribution in [-0.4, -0.2) is 17.8 Å². The lowest BCUT2D eigenvalue weighted by molar-refractivity contribution is 0.229. The molecule has 21 heavy (non-hydrogen) atoms. The fourth-order valence-electron chi connectivity index (χ4n) is 3.53. The van der Waals surface area contributed by atoms with Crippen LogP contribution < -0.4 is 5.32 Å². The molecule has 2 aromatic rings. The molecule has 0 aromatic heterocycles. The molecule has 1 aliphatic rings. The van der Waals surface area contributed by atoms with E-state index in [1.165, 1.54) is 54.9 Å². The predicted octanol–water partition coefficient (Wildman–Crippen LogP) is 4.19. The standard InChI is InChI=1S/C19H25NO/c21-14-19(20-16-10-3-1-2-4-11-16)18-13-7-9-15-8-5-6-12-17(15)18/h5-9,12-13,16,19-21H,1-4,10-11,14H2. The van der Waals surface area contributed by atoms with E-state index in [4.69, 9.17) is 0 Å². The van der Waals surface area contributed by atoms with Crippen molar-refractivity contribution in [2.75, 3.05) is 6.61 Å². The van der Waals surface area contributed by atoms with Crippen LogP contribution in [0.2, 0.25) is 0 Å². The van der Waals surface area contributed by atoms with E-state index in [-0.39, 0.29) is 12.6 Å². The Morgan fingerprint density at radius 2 is 1.67 bits per heavy atom. The zero-order valence-electron chi connectivity index (χ0n) is 12.6. The summed E-state index contributed by atoms with van der Waals surface area (Å²) >= 11 is 0. The van der Waals surface area contributed by atoms with Crippen molar-refractivity contribution in [3.05, 3.63) is 48.0 Å². The summed E-state index contributed by atoms with van der Waals surface area (Å²) in [6.45, 7) is 0.157. The Kier molecular flexibility index (Phi) is 4.89. The molecule has 0 amide bonds. The largest absolute Gasteiger partial charge is 0.394 e. The average Bonchev–Trinajstić information content (AvgIpc) is 2.81. The third-order valence-corrected chi connectivity index (χ3v) is 4.67. The molecular weight excluding hydrogens is 258 g/mol. The number of aliphatic hydroxyl groups excluding tert-OH is 1. The number of benzene rings is 2.